The maximum Gasteiger partial charge on any atom is 0.133 e. The molecular formula is C14H16BrF3. The summed E-state index contributed by atoms with van der Waals surface area (Å²) in [4.78, 5) is -0.365. The van der Waals surface area contributed by atoms with E-state index in [2.05, 4.69) is 15.9 Å². The van der Waals surface area contributed by atoms with Crippen molar-refractivity contribution in [3.63, 3.8) is 0 Å². The van der Waals surface area contributed by atoms with E-state index in [1.54, 1.807) is 0 Å². The maximum absolute atomic E-state index is 13.7. The highest BCUT2D eigenvalue weighted by Crippen LogP contribution is 2.41. The zero-order valence-electron chi connectivity index (χ0n) is 10.1. The summed E-state index contributed by atoms with van der Waals surface area (Å²) in [5.74, 6) is -2.23. The van der Waals surface area contributed by atoms with E-state index in [9.17, 15) is 13.2 Å². The second kappa shape index (κ2) is 6.09. The Balaban J connectivity index is 2.24. The largest absolute Gasteiger partial charge is 0.207 e. The first-order valence-electron chi connectivity index (χ1n) is 6.38. The monoisotopic (exact) mass is 320 g/mol. The van der Waals surface area contributed by atoms with Crippen LogP contribution in [0.15, 0.2) is 12.1 Å². The van der Waals surface area contributed by atoms with Crippen molar-refractivity contribution in [2.45, 2.75) is 43.4 Å². The van der Waals surface area contributed by atoms with Crippen molar-refractivity contribution in [1.29, 1.82) is 0 Å². The van der Waals surface area contributed by atoms with E-state index in [1.165, 1.54) is 12.8 Å². The highest BCUT2D eigenvalue weighted by Gasteiger charge is 2.27. The van der Waals surface area contributed by atoms with E-state index in [0.29, 0.717) is 0 Å². The third kappa shape index (κ3) is 3.08. The molecule has 18 heavy (non-hydrogen) atoms. The van der Waals surface area contributed by atoms with Crippen LogP contribution in [0.2, 0.25) is 0 Å². The molecule has 1 aliphatic rings. The quantitative estimate of drug-likeness (QED) is 0.498. The van der Waals surface area contributed by atoms with Crippen molar-refractivity contribution in [3.05, 3.63) is 35.1 Å². The lowest BCUT2D eigenvalue weighted by molar-refractivity contribution is 0.428. The summed E-state index contributed by atoms with van der Waals surface area (Å²) >= 11 is 3.41. The van der Waals surface area contributed by atoms with Crippen LogP contribution < -0.4 is 0 Å². The number of rotatable bonds is 2. The van der Waals surface area contributed by atoms with Gasteiger partial charge in [-0.25, -0.2) is 13.2 Å². The molecule has 1 fully saturated rings. The van der Waals surface area contributed by atoms with Gasteiger partial charge in [-0.15, -0.1) is 0 Å². The topological polar surface area (TPSA) is 0 Å². The van der Waals surface area contributed by atoms with E-state index >= 15 is 0 Å². The fourth-order valence-corrected chi connectivity index (χ4v) is 3.62. The summed E-state index contributed by atoms with van der Waals surface area (Å²) in [6.45, 7) is 0. The number of hydrogen-bond acceptors (Lipinski definition) is 0. The van der Waals surface area contributed by atoms with Crippen molar-refractivity contribution >= 4 is 15.9 Å². The minimum atomic E-state index is -0.866. The Kier molecular flexibility index (Phi) is 4.71. The zero-order valence-corrected chi connectivity index (χ0v) is 11.6. The molecule has 1 atom stereocenters. The van der Waals surface area contributed by atoms with Crippen LogP contribution in [0.25, 0.3) is 0 Å². The van der Waals surface area contributed by atoms with Gasteiger partial charge in [0, 0.05) is 22.5 Å². The average Bonchev–Trinajstić information content (AvgIpc) is 2.55. The number of benzene rings is 1. The molecule has 0 heterocycles. The van der Waals surface area contributed by atoms with Gasteiger partial charge in [0.25, 0.3) is 0 Å². The molecule has 0 nitrogen and oxygen atoms in total. The Hall–Kier alpha value is -0.510. The Bertz CT molecular complexity index is 388. The lowest BCUT2D eigenvalue weighted by Gasteiger charge is -2.22. The van der Waals surface area contributed by atoms with Crippen LogP contribution in [0.3, 0.4) is 0 Å². The zero-order chi connectivity index (χ0) is 13.1. The second-order valence-electron chi connectivity index (χ2n) is 4.94. The number of hydrogen-bond donors (Lipinski definition) is 0. The molecule has 100 valence electrons. The van der Waals surface area contributed by atoms with E-state index in [0.717, 1.165) is 37.8 Å². The highest BCUT2D eigenvalue weighted by atomic mass is 79.9. The normalized spacial score (nSPS) is 19.6. The van der Waals surface area contributed by atoms with Gasteiger partial charge in [-0.3, -0.25) is 0 Å². The van der Waals surface area contributed by atoms with Crippen molar-refractivity contribution in [2.75, 3.05) is 0 Å². The standard InChI is InChI=1S/C14H16BrF3/c15-14(9-5-3-1-2-4-6-9)13-11(17)7-10(16)8-12(13)18/h7-9,14H,1-6H2. The third-order valence-electron chi connectivity index (χ3n) is 3.63. The van der Waals surface area contributed by atoms with Crippen LogP contribution in [0.1, 0.15) is 48.9 Å². The van der Waals surface area contributed by atoms with Gasteiger partial charge < -0.3 is 0 Å². The maximum atomic E-state index is 13.7. The first kappa shape index (κ1) is 13.9. The predicted octanol–water partition coefficient (Wildman–Crippen LogP) is 5.51. The van der Waals surface area contributed by atoms with Crippen LogP contribution in [-0.2, 0) is 0 Å². The molecule has 1 saturated carbocycles. The summed E-state index contributed by atoms with van der Waals surface area (Å²) in [5.41, 5.74) is -0.0247. The molecular weight excluding hydrogens is 305 g/mol. The van der Waals surface area contributed by atoms with Gasteiger partial charge in [0.05, 0.1) is 0 Å². The van der Waals surface area contributed by atoms with Gasteiger partial charge in [0.1, 0.15) is 17.5 Å². The third-order valence-corrected chi connectivity index (χ3v) is 4.84. The molecule has 0 N–H and O–H groups in total. The van der Waals surface area contributed by atoms with E-state index in [4.69, 9.17) is 0 Å². The predicted molar refractivity (Wildman–Crippen MR) is 69.2 cm³/mol. The van der Waals surface area contributed by atoms with Gasteiger partial charge in [-0.2, -0.15) is 0 Å². The molecule has 1 unspecified atom stereocenters. The van der Waals surface area contributed by atoms with Crippen LogP contribution in [0, 0.1) is 23.4 Å². The van der Waals surface area contributed by atoms with E-state index in [1.807, 2.05) is 0 Å². The molecule has 0 aliphatic heterocycles. The van der Waals surface area contributed by atoms with Crippen molar-refractivity contribution in [1.82, 2.24) is 0 Å². The smallest absolute Gasteiger partial charge is 0.133 e. The Morgan fingerprint density at radius 2 is 1.44 bits per heavy atom. The summed E-state index contributed by atoms with van der Waals surface area (Å²) in [6.07, 6.45) is 6.49. The number of alkyl halides is 1. The molecule has 0 bridgehead atoms. The minimum Gasteiger partial charge on any atom is -0.207 e. The van der Waals surface area contributed by atoms with Gasteiger partial charge in [-0.1, -0.05) is 41.6 Å². The van der Waals surface area contributed by atoms with Gasteiger partial charge >= 0.3 is 0 Å². The molecule has 0 radical (unpaired) electrons. The van der Waals surface area contributed by atoms with Crippen molar-refractivity contribution in [3.8, 4) is 0 Å². The molecule has 0 saturated heterocycles. The first-order chi connectivity index (χ1) is 8.59. The summed E-state index contributed by atoms with van der Waals surface area (Å²) in [7, 11) is 0. The molecule has 0 aromatic heterocycles. The molecule has 0 spiro atoms. The number of halogens is 4. The average molecular weight is 321 g/mol. The first-order valence-corrected chi connectivity index (χ1v) is 7.29. The van der Waals surface area contributed by atoms with Crippen LogP contribution in [-0.4, -0.2) is 0 Å². The molecule has 0 amide bonds. The summed E-state index contributed by atoms with van der Waals surface area (Å²) < 4.78 is 40.3. The van der Waals surface area contributed by atoms with Gasteiger partial charge in [0.2, 0.25) is 0 Å². The van der Waals surface area contributed by atoms with Crippen LogP contribution in [0.5, 0.6) is 0 Å². The van der Waals surface area contributed by atoms with Crippen molar-refractivity contribution < 1.29 is 13.2 Å². The minimum absolute atomic E-state index is 0.0247. The lowest BCUT2D eigenvalue weighted by Crippen LogP contribution is -2.11. The van der Waals surface area contributed by atoms with Crippen molar-refractivity contribution in [2.24, 2.45) is 5.92 Å². The second-order valence-corrected chi connectivity index (χ2v) is 5.92. The summed E-state index contributed by atoms with van der Waals surface area (Å²) in [5, 5.41) is 0. The lowest BCUT2D eigenvalue weighted by atomic mass is 9.92. The van der Waals surface area contributed by atoms with E-state index < -0.39 is 17.5 Å². The van der Waals surface area contributed by atoms with Crippen LogP contribution in [0.4, 0.5) is 13.2 Å². The van der Waals surface area contributed by atoms with Gasteiger partial charge in [0.15, 0.2) is 0 Å². The molecule has 1 aliphatic carbocycles. The summed E-state index contributed by atoms with van der Waals surface area (Å²) in [6, 6.07) is 1.51. The Morgan fingerprint density at radius 1 is 0.944 bits per heavy atom. The molecule has 1 aromatic carbocycles. The Labute approximate surface area is 114 Å². The highest BCUT2D eigenvalue weighted by molar-refractivity contribution is 9.09. The van der Waals surface area contributed by atoms with Crippen LogP contribution >= 0.6 is 15.9 Å². The molecule has 4 heteroatoms. The fraction of sp³-hybridized carbons (Fsp3) is 0.571. The fourth-order valence-electron chi connectivity index (χ4n) is 2.66. The Morgan fingerprint density at radius 3 is 1.94 bits per heavy atom. The SMILES string of the molecule is Fc1cc(F)c(C(Br)C2CCCCCC2)c(F)c1. The van der Waals surface area contributed by atoms with Gasteiger partial charge in [-0.05, 0) is 18.8 Å². The molecule has 2 rings (SSSR count). The van der Waals surface area contributed by atoms with E-state index in [-0.39, 0.29) is 16.3 Å². The molecule has 1 aromatic rings.